The second kappa shape index (κ2) is 6.74. The van der Waals surface area contributed by atoms with E-state index in [2.05, 4.69) is 20.8 Å². The number of anilines is 2. The number of hydrogen-bond donors (Lipinski definition) is 2. The van der Waals surface area contributed by atoms with Crippen LogP contribution in [0.3, 0.4) is 0 Å². The Morgan fingerprint density at radius 3 is 3.04 bits per heavy atom. The summed E-state index contributed by atoms with van der Waals surface area (Å²) in [5, 5.41) is 24.9. The molecule has 3 aromatic rings. The van der Waals surface area contributed by atoms with Crippen LogP contribution in [-0.2, 0) is 4.79 Å². The summed E-state index contributed by atoms with van der Waals surface area (Å²) in [5.74, 6) is 0.0638. The summed E-state index contributed by atoms with van der Waals surface area (Å²) in [6.07, 6.45) is 2.34. The van der Waals surface area contributed by atoms with Crippen molar-refractivity contribution in [2.24, 2.45) is 0 Å². The summed E-state index contributed by atoms with van der Waals surface area (Å²) in [6, 6.07) is 9.71. The Hall–Kier alpha value is -2.57. The number of carbonyl (C=O) groups excluding carboxylic acids is 1. The molecule has 0 spiro atoms. The van der Waals surface area contributed by atoms with Gasteiger partial charge in [0.25, 0.3) is 0 Å². The molecule has 0 atom stereocenters. The summed E-state index contributed by atoms with van der Waals surface area (Å²) in [6.45, 7) is 0. The first kappa shape index (κ1) is 15.9. The minimum absolute atomic E-state index is 0.103. The van der Waals surface area contributed by atoms with Crippen LogP contribution >= 0.6 is 23.1 Å². The lowest BCUT2D eigenvalue weighted by molar-refractivity contribution is -0.113. The number of nitrogens with one attached hydrogen (secondary N) is 2. The molecule has 1 aromatic carbocycles. The molecule has 25 heavy (non-hydrogen) atoms. The SMILES string of the molecule is N#Cc1oc2ccccc2c1NC(=O)CSc1nnc(NC2CC2)s1. The number of rotatable bonds is 6. The maximum absolute atomic E-state index is 12.2. The van der Waals surface area contributed by atoms with Gasteiger partial charge in [-0.3, -0.25) is 4.79 Å². The van der Waals surface area contributed by atoms with Gasteiger partial charge < -0.3 is 15.1 Å². The minimum atomic E-state index is -0.222. The van der Waals surface area contributed by atoms with Crippen LogP contribution in [0.15, 0.2) is 33.0 Å². The standard InChI is InChI=1S/C16H13N5O2S2/c17-7-12-14(10-3-1-2-4-11(10)23-12)19-13(22)8-24-16-21-20-15(25-16)18-9-5-6-9/h1-4,9H,5-6,8H2,(H,18,20)(H,19,22). The van der Waals surface area contributed by atoms with E-state index in [0.29, 0.717) is 22.7 Å². The van der Waals surface area contributed by atoms with E-state index in [1.165, 1.54) is 35.9 Å². The number of benzene rings is 1. The largest absolute Gasteiger partial charge is 0.443 e. The lowest BCUT2D eigenvalue weighted by Crippen LogP contribution is -2.14. The number of furan rings is 1. The average molecular weight is 371 g/mol. The predicted molar refractivity (Wildman–Crippen MR) is 96.8 cm³/mol. The number of thioether (sulfide) groups is 1. The molecule has 0 bridgehead atoms. The number of aromatic nitrogens is 2. The highest BCUT2D eigenvalue weighted by Crippen LogP contribution is 2.32. The molecule has 1 amide bonds. The van der Waals surface area contributed by atoms with Crippen LogP contribution in [0, 0.1) is 11.3 Å². The summed E-state index contributed by atoms with van der Waals surface area (Å²) >= 11 is 2.76. The van der Waals surface area contributed by atoms with Gasteiger partial charge in [-0.25, -0.2) is 0 Å². The second-order valence-electron chi connectivity index (χ2n) is 5.54. The predicted octanol–water partition coefficient (Wildman–Crippen LogP) is 3.46. The van der Waals surface area contributed by atoms with Gasteiger partial charge in [0.2, 0.25) is 16.8 Å². The third-order valence-electron chi connectivity index (χ3n) is 3.60. The van der Waals surface area contributed by atoms with Crippen molar-refractivity contribution in [3.8, 4) is 6.07 Å². The third kappa shape index (κ3) is 3.60. The molecule has 4 rings (SSSR count). The molecule has 9 heteroatoms. The number of nitrogens with zero attached hydrogens (tertiary/aromatic N) is 3. The molecule has 1 aliphatic carbocycles. The van der Waals surface area contributed by atoms with Crippen LogP contribution < -0.4 is 10.6 Å². The summed E-state index contributed by atoms with van der Waals surface area (Å²) < 4.78 is 6.18. The molecule has 7 nitrogen and oxygen atoms in total. The minimum Gasteiger partial charge on any atom is -0.443 e. The van der Waals surface area contributed by atoms with Crippen molar-refractivity contribution in [3.05, 3.63) is 30.0 Å². The summed E-state index contributed by atoms with van der Waals surface area (Å²) in [5.41, 5.74) is 0.985. The summed E-state index contributed by atoms with van der Waals surface area (Å²) in [4.78, 5) is 12.2. The fourth-order valence-corrected chi connectivity index (χ4v) is 3.91. The Labute approximate surface area is 151 Å². The molecule has 0 aliphatic heterocycles. The molecule has 2 heterocycles. The molecule has 0 saturated heterocycles. The molecule has 1 fully saturated rings. The molecule has 0 unspecified atom stereocenters. The first-order valence-corrected chi connectivity index (χ1v) is 9.47. The first-order chi connectivity index (χ1) is 12.2. The van der Waals surface area contributed by atoms with Gasteiger partial charge in [-0.1, -0.05) is 35.2 Å². The number of nitriles is 1. The van der Waals surface area contributed by atoms with Gasteiger partial charge in [0.15, 0.2) is 4.34 Å². The van der Waals surface area contributed by atoms with Crippen LogP contribution in [0.2, 0.25) is 0 Å². The Balaban J connectivity index is 1.40. The number of fused-ring (bicyclic) bond motifs is 1. The van der Waals surface area contributed by atoms with Crippen molar-refractivity contribution in [2.75, 3.05) is 16.4 Å². The zero-order valence-electron chi connectivity index (χ0n) is 13.0. The summed E-state index contributed by atoms with van der Waals surface area (Å²) in [7, 11) is 0. The maximum atomic E-state index is 12.2. The van der Waals surface area contributed by atoms with Crippen molar-refractivity contribution in [1.82, 2.24) is 10.2 Å². The van der Waals surface area contributed by atoms with Gasteiger partial charge >= 0.3 is 0 Å². The van der Waals surface area contributed by atoms with E-state index >= 15 is 0 Å². The van der Waals surface area contributed by atoms with Crippen molar-refractivity contribution < 1.29 is 9.21 Å². The molecular formula is C16H13N5O2S2. The highest BCUT2D eigenvalue weighted by Gasteiger charge is 2.22. The van der Waals surface area contributed by atoms with Gasteiger partial charge in [0.1, 0.15) is 17.3 Å². The van der Waals surface area contributed by atoms with Gasteiger partial charge in [0, 0.05) is 11.4 Å². The van der Waals surface area contributed by atoms with E-state index < -0.39 is 0 Å². The highest BCUT2D eigenvalue weighted by molar-refractivity contribution is 8.01. The second-order valence-corrected chi connectivity index (χ2v) is 7.74. The van der Waals surface area contributed by atoms with E-state index in [-0.39, 0.29) is 17.4 Å². The van der Waals surface area contributed by atoms with Gasteiger partial charge in [-0.2, -0.15) is 5.26 Å². The van der Waals surface area contributed by atoms with Gasteiger partial charge in [-0.05, 0) is 25.0 Å². The normalized spacial score (nSPS) is 13.6. The zero-order chi connectivity index (χ0) is 17.2. The van der Waals surface area contributed by atoms with E-state index in [1.807, 2.05) is 24.3 Å². The van der Waals surface area contributed by atoms with Crippen LogP contribution in [0.25, 0.3) is 11.0 Å². The number of amides is 1. The quantitative estimate of drug-likeness (QED) is 0.639. The molecule has 2 N–H and O–H groups in total. The van der Waals surface area contributed by atoms with Crippen LogP contribution in [0.5, 0.6) is 0 Å². The molecule has 126 valence electrons. The number of hydrogen-bond acceptors (Lipinski definition) is 8. The Bertz CT molecular complexity index is 970. The maximum Gasteiger partial charge on any atom is 0.234 e. The Kier molecular flexibility index (Phi) is 4.29. The lowest BCUT2D eigenvalue weighted by atomic mass is 10.2. The molecule has 1 aliphatic rings. The topological polar surface area (TPSA) is 104 Å². The van der Waals surface area contributed by atoms with Gasteiger partial charge in [0.05, 0.1) is 5.75 Å². The molecule has 0 radical (unpaired) electrons. The van der Waals surface area contributed by atoms with Gasteiger partial charge in [-0.15, -0.1) is 10.2 Å². The Morgan fingerprint density at radius 2 is 2.24 bits per heavy atom. The lowest BCUT2D eigenvalue weighted by Gasteiger charge is -2.02. The average Bonchev–Trinajstić information content (AvgIpc) is 3.20. The monoisotopic (exact) mass is 371 g/mol. The number of carbonyl (C=O) groups is 1. The Morgan fingerprint density at radius 1 is 1.40 bits per heavy atom. The molecular weight excluding hydrogens is 358 g/mol. The van der Waals surface area contributed by atoms with Crippen LogP contribution in [0.4, 0.5) is 10.8 Å². The van der Waals surface area contributed by atoms with Crippen LogP contribution in [-0.4, -0.2) is 27.9 Å². The zero-order valence-corrected chi connectivity index (χ0v) is 14.6. The molecule has 2 aromatic heterocycles. The molecule has 1 saturated carbocycles. The van der Waals surface area contributed by atoms with E-state index in [1.54, 1.807) is 6.07 Å². The smallest absolute Gasteiger partial charge is 0.234 e. The van der Waals surface area contributed by atoms with E-state index in [0.717, 1.165) is 9.47 Å². The first-order valence-electron chi connectivity index (χ1n) is 7.67. The number of para-hydroxylation sites is 1. The fourth-order valence-electron chi connectivity index (χ4n) is 2.28. The highest BCUT2D eigenvalue weighted by atomic mass is 32.2. The van der Waals surface area contributed by atoms with Crippen molar-refractivity contribution in [2.45, 2.75) is 23.2 Å². The van der Waals surface area contributed by atoms with Crippen LogP contribution in [0.1, 0.15) is 18.6 Å². The third-order valence-corrected chi connectivity index (χ3v) is 5.59. The fraction of sp³-hybridized carbons (Fsp3) is 0.250. The van der Waals surface area contributed by atoms with Crippen molar-refractivity contribution in [1.29, 1.82) is 5.26 Å². The van der Waals surface area contributed by atoms with E-state index in [4.69, 9.17) is 4.42 Å². The van der Waals surface area contributed by atoms with Crippen molar-refractivity contribution >= 4 is 50.8 Å². The van der Waals surface area contributed by atoms with E-state index in [9.17, 15) is 10.1 Å². The van der Waals surface area contributed by atoms with Crippen molar-refractivity contribution in [3.63, 3.8) is 0 Å².